The van der Waals surface area contributed by atoms with E-state index in [1.807, 2.05) is 0 Å². The molecule has 12 heteroatoms. The molecule has 3 aromatic rings. The van der Waals surface area contributed by atoms with E-state index < -0.39 is 39.4 Å². The fourth-order valence-electron chi connectivity index (χ4n) is 7.15. The Morgan fingerprint density at radius 2 is 1.69 bits per heavy atom. The third kappa shape index (κ3) is 6.26. The summed E-state index contributed by atoms with van der Waals surface area (Å²) in [5.74, 6) is -4.17. The number of halogens is 3. The zero-order valence-corrected chi connectivity index (χ0v) is 26.2. The van der Waals surface area contributed by atoms with Crippen molar-refractivity contribution in [3.63, 3.8) is 0 Å². The highest BCUT2D eigenvalue weighted by Gasteiger charge is 2.45. The van der Waals surface area contributed by atoms with Crippen molar-refractivity contribution in [3.05, 3.63) is 63.5 Å². The second kappa shape index (κ2) is 13.2. The van der Waals surface area contributed by atoms with Gasteiger partial charge >= 0.3 is 0 Å². The van der Waals surface area contributed by atoms with Crippen molar-refractivity contribution >= 4 is 27.7 Å². The van der Waals surface area contributed by atoms with Crippen LogP contribution in [0.3, 0.4) is 0 Å². The van der Waals surface area contributed by atoms with E-state index in [2.05, 4.69) is 26.3 Å². The number of nitrogens with one attached hydrogen (secondary N) is 1. The van der Waals surface area contributed by atoms with Gasteiger partial charge in [0.1, 0.15) is 23.6 Å². The number of nitrogens with zero attached hydrogens (tertiary/aromatic N) is 5. The number of benzene rings is 1. The van der Waals surface area contributed by atoms with Gasteiger partial charge in [-0.3, -0.25) is 13.6 Å². The summed E-state index contributed by atoms with van der Waals surface area (Å²) in [4.78, 5) is 25.1. The van der Waals surface area contributed by atoms with Gasteiger partial charge in [-0.2, -0.15) is 5.26 Å². The summed E-state index contributed by atoms with van der Waals surface area (Å²) in [6.07, 6.45) is 7.15. The molecule has 2 fully saturated rings. The summed E-state index contributed by atoms with van der Waals surface area (Å²) in [5.41, 5.74) is -1.17. The van der Waals surface area contributed by atoms with E-state index in [1.54, 1.807) is 10.6 Å². The first kappa shape index (κ1) is 31.7. The lowest BCUT2D eigenvalue weighted by atomic mass is 9.77. The molecule has 1 aromatic carbocycles. The summed E-state index contributed by atoms with van der Waals surface area (Å²) in [5, 5.41) is 14.0. The number of pyridine rings is 1. The number of aryl methyl sites for hydroxylation is 1. The standard InChI is InChI=1S/C33H39F3N6O2S/c34-28-23-7-6-8-26(28)33(35,36)24-9-15-41(16-10-24)13-4-2-1-3-5-14-42-30-25(29(38-20-23)39-22-40-30)19-27(31(42)43)32(21-37)11-17-45(44)18-12-32/h6-8,19,22,24H,1-5,9-18,20H2,(H,38,39,40). The molecule has 8 nitrogen and oxygen atoms in total. The molecular weight excluding hydrogens is 601 g/mol. The molecular formula is C33H39F3N6O2S. The molecule has 8 bridgehead atoms. The smallest absolute Gasteiger partial charge is 0.278 e. The summed E-state index contributed by atoms with van der Waals surface area (Å²) in [6, 6.07) is 8.16. The van der Waals surface area contributed by atoms with Crippen LogP contribution in [-0.2, 0) is 35.2 Å². The summed E-state index contributed by atoms with van der Waals surface area (Å²) in [6.45, 7) is 2.30. The number of hydrogen-bond acceptors (Lipinski definition) is 7. The van der Waals surface area contributed by atoms with E-state index >= 15 is 13.2 Å². The van der Waals surface area contributed by atoms with E-state index in [4.69, 9.17) is 0 Å². The maximum absolute atomic E-state index is 15.8. The van der Waals surface area contributed by atoms with Crippen LogP contribution in [0, 0.1) is 23.1 Å². The minimum absolute atomic E-state index is 0.0825. The van der Waals surface area contributed by atoms with Gasteiger partial charge in [-0.25, -0.2) is 23.1 Å². The molecule has 0 aliphatic carbocycles. The van der Waals surface area contributed by atoms with Crippen molar-refractivity contribution in [2.24, 2.45) is 5.92 Å². The van der Waals surface area contributed by atoms with Gasteiger partial charge in [-0.05, 0) is 64.2 Å². The molecule has 0 radical (unpaired) electrons. The molecule has 4 aliphatic heterocycles. The Labute approximate surface area is 263 Å². The Hall–Kier alpha value is -3.30. The highest BCUT2D eigenvalue weighted by Crippen LogP contribution is 2.43. The number of piperidine rings is 1. The van der Waals surface area contributed by atoms with Crippen molar-refractivity contribution < 1.29 is 17.4 Å². The van der Waals surface area contributed by atoms with Crippen LogP contribution >= 0.6 is 0 Å². The molecule has 45 heavy (non-hydrogen) atoms. The van der Waals surface area contributed by atoms with E-state index in [0.717, 1.165) is 38.6 Å². The van der Waals surface area contributed by atoms with Crippen molar-refractivity contribution in [2.45, 2.75) is 82.2 Å². The van der Waals surface area contributed by atoms with Crippen LogP contribution in [0.4, 0.5) is 19.0 Å². The van der Waals surface area contributed by atoms with Gasteiger partial charge in [-0.1, -0.05) is 37.5 Å². The first-order chi connectivity index (χ1) is 21.7. The number of alkyl halides is 2. The van der Waals surface area contributed by atoms with Gasteiger partial charge < -0.3 is 10.2 Å². The van der Waals surface area contributed by atoms with Gasteiger partial charge in [0.05, 0.1) is 22.4 Å². The molecule has 0 amide bonds. The number of rotatable bonds is 1. The number of hydrogen-bond donors (Lipinski definition) is 1. The molecule has 0 unspecified atom stereocenters. The van der Waals surface area contributed by atoms with Crippen LogP contribution in [0.25, 0.3) is 11.0 Å². The fraction of sp³-hybridized carbons (Fsp3) is 0.576. The van der Waals surface area contributed by atoms with Crippen LogP contribution in [0.5, 0.6) is 0 Å². The van der Waals surface area contributed by atoms with Gasteiger partial charge in [-0.15, -0.1) is 0 Å². The zero-order chi connectivity index (χ0) is 31.6. The van der Waals surface area contributed by atoms with Crippen molar-refractivity contribution in [1.82, 2.24) is 19.4 Å². The Morgan fingerprint density at radius 3 is 2.42 bits per heavy atom. The van der Waals surface area contributed by atoms with Crippen molar-refractivity contribution in [2.75, 3.05) is 36.5 Å². The Bertz CT molecular complexity index is 1670. The van der Waals surface area contributed by atoms with E-state index in [1.165, 1.54) is 24.5 Å². The Balaban J connectivity index is 1.42. The molecule has 0 spiro atoms. The largest absolute Gasteiger partial charge is 0.365 e. The molecule has 0 atom stereocenters. The number of nitriles is 1. The predicted molar refractivity (Wildman–Crippen MR) is 168 cm³/mol. The average molecular weight is 641 g/mol. The lowest BCUT2D eigenvalue weighted by Gasteiger charge is -2.36. The van der Waals surface area contributed by atoms with Crippen LogP contribution in [0.1, 0.15) is 74.5 Å². The molecule has 240 valence electrons. The van der Waals surface area contributed by atoms with Crippen molar-refractivity contribution in [3.8, 4) is 6.07 Å². The van der Waals surface area contributed by atoms with Gasteiger partial charge in [0.15, 0.2) is 0 Å². The fourth-order valence-corrected chi connectivity index (χ4v) is 8.50. The predicted octanol–water partition coefficient (Wildman–Crippen LogP) is 5.61. The van der Waals surface area contributed by atoms with E-state index in [0.29, 0.717) is 79.2 Å². The minimum Gasteiger partial charge on any atom is -0.365 e. The third-order valence-electron chi connectivity index (χ3n) is 9.97. The van der Waals surface area contributed by atoms with Crippen LogP contribution < -0.4 is 10.9 Å². The lowest BCUT2D eigenvalue weighted by molar-refractivity contribution is -0.0880. The number of aromatic nitrogens is 3. The van der Waals surface area contributed by atoms with Crippen LogP contribution in [0.15, 0.2) is 35.4 Å². The summed E-state index contributed by atoms with van der Waals surface area (Å²) in [7, 11) is -1.04. The van der Waals surface area contributed by atoms with Crippen LogP contribution in [0.2, 0.25) is 0 Å². The SMILES string of the molecule is N#CC1(c2cc3c4ncnc3n(c2=O)CCCCCCCN2CCC(CC2)C(F)(F)c2cccc(c2F)CN4)CCS(=O)CC1. The molecule has 2 saturated heterocycles. The Morgan fingerprint density at radius 1 is 0.978 bits per heavy atom. The van der Waals surface area contributed by atoms with Crippen molar-refractivity contribution in [1.29, 1.82) is 5.26 Å². The molecule has 2 aromatic heterocycles. The van der Waals surface area contributed by atoms with Crippen LogP contribution in [-0.4, -0.2) is 54.8 Å². The van der Waals surface area contributed by atoms with Gasteiger partial charge in [0.2, 0.25) is 0 Å². The number of fused-ring (bicyclic) bond motifs is 9. The highest BCUT2D eigenvalue weighted by atomic mass is 32.2. The molecule has 0 saturated carbocycles. The second-order valence-electron chi connectivity index (χ2n) is 12.7. The lowest BCUT2D eigenvalue weighted by Crippen LogP contribution is -2.40. The molecule has 7 rings (SSSR count). The molecule has 6 heterocycles. The zero-order valence-electron chi connectivity index (χ0n) is 25.4. The third-order valence-corrected chi connectivity index (χ3v) is 11.3. The minimum atomic E-state index is -3.30. The van der Waals surface area contributed by atoms with Gasteiger partial charge in [0, 0.05) is 52.4 Å². The van der Waals surface area contributed by atoms with Gasteiger partial charge in [0.25, 0.3) is 11.5 Å². The second-order valence-corrected chi connectivity index (χ2v) is 14.4. The first-order valence-corrected chi connectivity index (χ1v) is 17.5. The number of anilines is 1. The molecule has 4 aliphatic rings. The first-order valence-electron chi connectivity index (χ1n) is 16.0. The maximum Gasteiger partial charge on any atom is 0.278 e. The highest BCUT2D eigenvalue weighted by molar-refractivity contribution is 7.85. The summed E-state index contributed by atoms with van der Waals surface area (Å²) >= 11 is 0. The monoisotopic (exact) mass is 640 g/mol. The molecule has 1 N–H and O–H groups in total. The quantitative estimate of drug-likeness (QED) is 0.369. The Kier molecular flexibility index (Phi) is 9.29. The van der Waals surface area contributed by atoms with E-state index in [-0.39, 0.29) is 17.7 Å². The average Bonchev–Trinajstić information content (AvgIpc) is 3.05. The maximum atomic E-state index is 15.8. The van der Waals surface area contributed by atoms with E-state index in [9.17, 15) is 14.3 Å². The normalized spacial score (nSPS) is 27.7. The summed E-state index contributed by atoms with van der Waals surface area (Å²) < 4.78 is 61.1. The topological polar surface area (TPSA) is 104 Å².